The molecule has 0 radical (unpaired) electrons. The fraction of sp³-hybridized carbons (Fsp3) is 0.462. The molecule has 0 aromatic heterocycles. The van der Waals surface area contributed by atoms with Gasteiger partial charge in [-0.1, -0.05) is 0 Å². The van der Waals surface area contributed by atoms with E-state index in [2.05, 4.69) is 11.4 Å². The summed E-state index contributed by atoms with van der Waals surface area (Å²) < 4.78 is 13.1. The molecule has 1 rings (SSSR count). The maximum absolute atomic E-state index is 13.1. The third kappa shape index (κ3) is 3.90. The Hall–Kier alpha value is -1.56. The molecule has 3 heteroatoms. The second-order valence-corrected chi connectivity index (χ2v) is 4.69. The van der Waals surface area contributed by atoms with Gasteiger partial charge in [0.25, 0.3) is 0 Å². The molecule has 0 aliphatic carbocycles. The third-order valence-electron chi connectivity index (χ3n) is 2.42. The predicted molar refractivity (Wildman–Crippen MR) is 63.6 cm³/mol. The number of anilines is 1. The maximum atomic E-state index is 13.1. The first-order chi connectivity index (χ1) is 7.43. The Morgan fingerprint density at radius 3 is 2.62 bits per heavy atom. The van der Waals surface area contributed by atoms with Gasteiger partial charge in [0, 0.05) is 12.2 Å². The fourth-order valence-corrected chi connectivity index (χ4v) is 1.41. The number of nitriles is 1. The van der Waals surface area contributed by atoms with Crippen LogP contribution in [0.3, 0.4) is 0 Å². The van der Waals surface area contributed by atoms with Crippen LogP contribution in [0, 0.1) is 29.5 Å². The molecule has 0 heterocycles. The van der Waals surface area contributed by atoms with Crippen molar-refractivity contribution in [3.05, 3.63) is 29.6 Å². The van der Waals surface area contributed by atoms with Gasteiger partial charge in [0.2, 0.25) is 0 Å². The van der Waals surface area contributed by atoms with Crippen molar-refractivity contribution in [1.82, 2.24) is 0 Å². The molecule has 0 amide bonds. The molecule has 0 saturated carbocycles. The van der Waals surface area contributed by atoms with E-state index in [9.17, 15) is 4.39 Å². The van der Waals surface area contributed by atoms with Gasteiger partial charge in [-0.15, -0.1) is 0 Å². The van der Waals surface area contributed by atoms with E-state index in [1.54, 1.807) is 0 Å². The van der Waals surface area contributed by atoms with Crippen molar-refractivity contribution < 1.29 is 4.39 Å². The minimum atomic E-state index is -0.338. The molecule has 0 spiro atoms. The van der Waals surface area contributed by atoms with Crippen LogP contribution in [0.4, 0.5) is 10.1 Å². The maximum Gasteiger partial charge on any atom is 0.125 e. The summed E-state index contributed by atoms with van der Waals surface area (Å²) in [6, 6.07) is 7.08. The van der Waals surface area contributed by atoms with Gasteiger partial charge in [-0.05, 0) is 51.0 Å². The summed E-state index contributed by atoms with van der Waals surface area (Å²) in [5, 5.41) is 12.0. The SMILES string of the molecule is Cc1cc(F)cc(NCCC(C)(C)C#N)c1. The molecule has 1 N–H and O–H groups in total. The topological polar surface area (TPSA) is 35.8 Å². The number of halogens is 1. The van der Waals surface area contributed by atoms with E-state index in [-0.39, 0.29) is 11.2 Å². The minimum Gasteiger partial charge on any atom is -0.385 e. The zero-order valence-electron chi connectivity index (χ0n) is 9.97. The van der Waals surface area contributed by atoms with Crippen LogP contribution in [0.2, 0.25) is 0 Å². The van der Waals surface area contributed by atoms with Gasteiger partial charge in [0.1, 0.15) is 5.82 Å². The second kappa shape index (κ2) is 4.98. The quantitative estimate of drug-likeness (QED) is 0.843. The standard InChI is InChI=1S/C13H17FN2/c1-10-6-11(14)8-12(7-10)16-5-4-13(2,3)9-15/h6-8,16H,4-5H2,1-3H3. The molecule has 86 valence electrons. The van der Waals surface area contributed by atoms with Crippen molar-refractivity contribution in [3.63, 3.8) is 0 Å². The van der Waals surface area contributed by atoms with Crippen LogP contribution in [-0.4, -0.2) is 6.54 Å². The Labute approximate surface area is 96.1 Å². The van der Waals surface area contributed by atoms with Crippen molar-refractivity contribution >= 4 is 5.69 Å². The van der Waals surface area contributed by atoms with E-state index in [4.69, 9.17) is 5.26 Å². The molecule has 1 aromatic carbocycles. The van der Waals surface area contributed by atoms with E-state index >= 15 is 0 Å². The van der Waals surface area contributed by atoms with E-state index in [1.807, 2.05) is 26.8 Å². The Morgan fingerprint density at radius 2 is 2.06 bits per heavy atom. The van der Waals surface area contributed by atoms with Crippen LogP contribution in [0.1, 0.15) is 25.8 Å². The highest BCUT2D eigenvalue weighted by molar-refractivity contribution is 5.45. The first-order valence-corrected chi connectivity index (χ1v) is 5.35. The van der Waals surface area contributed by atoms with Crippen LogP contribution in [0.5, 0.6) is 0 Å². The lowest BCUT2D eigenvalue weighted by molar-refractivity contribution is 0.466. The minimum absolute atomic E-state index is 0.234. The Bertz CT molecular complexity index is 385. The zero-order chi connectivity index (χ0) is 12.2. The van der Waals surface area contributed by atoms with Crippen LogP contribution in [-0.2, 0) is 0 Å². The second-order valence-electron chi connectivity index (χ2n) is 4.69. The number of rotatable bonds is 4. The molecule has 16 heavy (non-hydrogen) atoms. The number of nitrogens with zero attached hydrogens (tertiary/aromatic N) is 1. The van der Waals surface area contributed by atoms with Gasteiger partial charge < -0.3 is 5.32 Å². The average molecular weight is 220 g/mol. The summed E-state index contributed by atoms with van der Waals surface area (Å²) in [6.45, 7) is 6.31. The predicted octanol–water partition coefficient (Wildman–Crippen LogP) is 3.49. The average Bonchev–Trinajstić information content (AvgIpc) is 2.16. The van der Waals surface area contributed by atoms with Gasteiger partial charge in [-0.25, -0.2) is 4.39 Å². The molecule has 2 nitrogen and oxygen atoms in total. The van der Waals surface area contributed by atoms with Crippen LogP contribution in [0.15, 0.2) is 18.2 Å². The molecule has 1 aromatic rings. The van der Waals surface area contributed by atoms with E-state index in [1.165, 1.54) is 12.1 Å². The van der Waals surface area contributed by atoms with Gasteiger partial charge in [0.15, 0.2) is 0 Å². The highest BCUT2D eigenvalue weighted by Crippen LogP contribution is 2.19. The summed E-state index contributed by atoms with van der Waals surface area (Å²) in [6.07, 6.45) is 0.735. The summed E-state index contributed by atoms with van der Waals surface area (Å²) in [5.41, 5.74) is 1.32. The van der Waals surface area contributed by atoms with Gasteiger partial charge in [-0.2, -0.15) is 5.26 Å². The highest BCUT2D eigenvalue weighted by atomic mass is 19.1. The lowest BCUT2D eigenvalue weighted by Gasteiger charge is -2.15. The van der Waals surface area contributed by atoms with Crippen LogP contribution < -0.4 is 5.32 Å². The normalized spacial score (nSPS) is 10.9. The summed E-state index contributed by atoms with van der Waals surface area (Å²) in [5.74, 6) is -0.234. The Kier molecular flexibility index (Phi) is 3.89. The lowest BCUT2D eigenvalue weighted by Crippen LogP contribution is -2.14. The van der Waals surface area contributed by atoms with Crippen LogP contribution >= 0.6 is 0 Å². The third-order valence-corrected chi connectivity index (χ3v) is 2.42. The Morgan fingerprint density at radius 1 is 1.38 bits per heavy atom. The van der Waals surface area contributed by atoms with Gasteiger partial charge >= 0.3 is 0 Å². The van der Waals surface area contributed by atoms with Gasteiger partial charge in [-0.3, -0.25) is 0 Å². The number of hydrogen-bond donors (Lipinski definition) is 1. The smallest absolute Gasteiger partial charge is 0.125 e. The summed E-state index contributed by atoms with van der Waals surface area (Å²) >= 11 is 0. The van der Waals surface area contributed by atoms with Crippen molar-refractivity contribution in [2.45, 2.75) is 27.2 Å². The fourth-order valence-electron chi connectivity index (χ4n) is 1.41. The molecular formula is C13H17FN2. The van der Waals surface area contributed by atoms with E-state index < -0.39 is 0 Å². The molecule has 0 fully saturated rings. The van der Waals surface area contributed by atoms with Crippen molar-refractivity contribution in [1.29, 1.82) is 5.26 Å². The first kappa shape index (κ1) is 12.5. The van der Waals surface area contributed by atoms with E-state index in [0.29, 0.717) is 6.54 Å². The molecule has 0 bridgehead atoms. The molecule has 0 saturated heterocycles. The summed E-state index contributed by atoms with van der Waals surface area (Å²) in [7, 11) is 0. The van der Waals surface area contributed by atoms with Crippen molar-refractivity contribution in [2.24, 2.45) is 5.41 Å². The highest BCUT2D eigenvalue weighted by Gasteiger charge is 2.15. The molecule has 0 aliphatic rings. The van der Waals surface area contributed by atoms with E-state index in [0.717, 1.165) is 17.7 Å². The molecular weight excluding hydrogens is 203 g/mol. The number of aryl methyl sites for hydroxylation is 1. The first-order valence-electron chi connectivity index (χ1n) is 5.35. The van der Waals surface area contributed by atoms with Crippen LogP contribution in [0.25, 0.3) is 0 Å². The van der Waals surface area contributed by atoms with Crippen molar-refractivity contribution in [3.8, 4) is 6.07 Å². The molecule has 0 atom stereocenters. The molecule has 0 aliphatic heterocycles. The Balaban J connectivity index is 2.53. The lowest BCUT2D eigenvalue weighted by atomic mass is 9.91. The van der Waals surface area contributed by atoms with Gasteiger partial charge in [0.05, 0.1) is 11.5 Å². The number of hydrogen-bond acceptors (Lipinski definition) is 2. The summed E-state index contributed by atoms with van der Waals surface area (Å²) in [4.78, 5) is 0. The number of nitrogens with one attached hydrogen (secondary N) is 1. The largest absolute Gasteiger partial charge is 0.385 e. The monoisotopic (exact) mass is 220 g/mol. The number of benzene rings is 1. The zero-order valence-corrected chi connectivity index (χ0v) is 9.97. The van der Waals surface area contributed by atoms with Crippen molar-refractivity contribution in [2.75, 3.05) is 11.9 Å². The molecule has 0 unspecified atom stereocenters.